The topological polar surface area (TPSA) is 89.8 Å². The van der Waals surface area contributed by atoms with Crippen LogP contribution in [0.1, 0.15) is 116 Å². The minimum absolute atomic E-state index is 0.0635. The van der Waals surface area contributed by atoms with E-state index in [2.05, 4.69) is 77.1 Å². The first-order chi connectivity index (χ1) is 24.8. The van der Waals surface area contributed by atoms with Crippen LogP contribution in [0.4, 0.5) is 10.6 Å². The van der Waals surface area contributed by atoms with Gasteiger partial charge in [-0.25, -0.2) is 9.78 Å². The van der Waals surface area contributed by atoms with Crippen molar-refractivity contribution < 1.29 is 19.1 Å². The van der Waals surface area contributed by atoms with E-state index in [1.165, 1.54) is 11.1 Å². The van der Waals surface area contributed by atoms with Crippen LogP contribution in [0, 0.1) is 29.6 Å². The van der Waals surface area contributed by atoms with Crippen molar-refractivity contribution in [1.82, 2.24) is 19.7 Å². The lowest BCUT2D eigenvalue weighted by atomic mass is 9.51. The van der Waals surface area contributed by atoms with E-state index >= 15 is 0 Å². The van der Waals surface area contributed by atoms with Gasteiger partial charge in [0.05, 0.1) is 13.3 Å². The Hall–Kier alpha value is -3.88. The van der Waals surface area contributed by atoms with E-state index in [0.29, 0.717) is 38.1 Å². The summed E-state index contributed by atoms with van der Waals surface area (Å²) in [6.07, 6.45) is 15.0. The smallest absolute Gasteiger partial charge is 0.410 e. The van der Waals surface area contributed by atoms with E-state index in [9.17, 15) is 9.59 Å². The lowest BCUT2D eigenvalue weighted by Crippen LogP contribution is -2.55. The summed E-state index contributed by atoms with van der Waals surface area (Å²) in [5, 5.41) is 4.58. The number of carbonyl (C=O) groups excluding carboxylic acids is 2. The Kier molecular flexibility index (Phi) is 9.94. The zero-order valence-electron chi connectivity index (χ0n) is 32.5. The van der Waals surface area contributed by atoms with Crippen molar-refractivity contribution in [2.45, 2.75) is 123 Å². The van der Waals surface area contributed by atoms with Crippen molar-refractivity contribution in [2.24, 2.45) is 22.7 Å². The molecule has 1 aliphatic heterocycles. The highest BCUT2D eigenvalue weighted by molar-refractivity contribution is 5.95. The fourth-order valence-corrected chi connectivity index (χ4v) is 9.30. The predicted molar refractivity (Wildman–Crippen MR) is 204 cm³/mol. The molecule has 0 unspecified atom stereocenters. The first-order valence-electron chi connectivity index (χ1n) is 19.7. The number of amides is 2. The van der Waals surface area contributed by atoms with Crippen LogP contribution < -0.4 is 9.64 Å². The molecular formula is C43H59N5O4. The maximum absolute atomic E-state index is 14.7. The van der Waals surface area contributed by atoms with Crippen LogP contribution in [-0.2, 0) is 14.9 Å². The number of likely N-dealkylation sites (tertiary alicyclic amines) is 1. The summed E-state index contributed by atoms with van der Waals surface area (Å²) in [5.74, 6) is 2.21. The van der Waals surface area contributed by atoms with Crippen LogP contribution in [0.5, 0.6) is 5.75 Å². The van der Waals surface area contributed by atoms with E-state index in [-0.39, 0.29) is 46.3 Å². The number of methoxy groups -OCH3 is 1. The zero-order chi connectivity index (χ0) is 36.8. The van der Waals surface area contributed by atoms with E-state index in [1.807, 2.05) is 32.9 Å². The molecule has 2 amide bonds. The Balaban J connectivity index is 1.07. The van der Waals surface area contributed by atoms with Crippen molar-refractivity contribution in [2.75, 3.05) is 31.6 Å². The first kappa shape index (κ1) is 36.5. The predicted octanol–water partition coefficient (Wildman–Crippen LogP) is 9.14. The van der Waals surface area contributed by atoms with Crippen molar-refractivity contribution in [3.8, 4) is 16.9 Å². The number of rotatable bonds is 9. The minimum Gasteiger partial charge on any atom is -0.496 e. The fourth-order valence-electron chi connectivity index (χ4n) is 9.30. The third-order valence-corrected chi connectivity index (χ3v) is 13.3. The summed E-state index contributed by atoms with van der Waals surface area (Å²) in [6.45, 7) is 15.3. The molecule has 5 aliphatic rings. The van der Waals surface area contributed by atoms with Gasteiger partial charge < -0.3 is 14.4 Å². The molecule has 0 spiro atoms. The van der Waals surface area contributed by atoms with E-state index in [1.54, 1.807) is 7.11 Å². The second-order valence-electron chi connectivity index (χ2n) is 17.9. The molecule has 3 heterocycles. The molecule has 1 aromatic carbocycles. The van der Waals surface area contributed by atoms with Crippen LogP contribution in [0.3, 0.4) is 0 Å². The summed E-state index contributed by atoms with van der Waals surface area (Å²) in [7, 11) is 1.74. The number of ether oxygens (including phenoxy) is 2. The highest BCUT2D eigenvalue weighted by Gasteiger charge is 2.51. The molecule has 52 heavy (non-hydrogen) atoms. The number of hydrogen-bond donors (Lipinski definition) is 0. The van der Waals surface area contributed by atoms with E-state index in [0.717, 1.165) is 74.3 Å². The third kappa shape index (κ3) is 7.21. The Morgan fingerprint density at radius 2 is 1.65 bits per heavy atom. The van der Waals surface area contributed by atoms with Gasteiger partial charge in [0.1, 0.15) is 17.7 Å². The third-order valence-electron chi connectivity index (χ3n) is 13.3. The summed E-state index contributed by atoms with van der Waals surface area (Å²) in [6, 6.07) is 11.1. The molecule has 3 aromatic rings. The molecule has 0 radical (unpaired) electrons. The summed E-state index contributed by atoms with van der Waals surface area (Å²) in [4.78, 5) is 36.4. The lowest BCUT2D eigenvalue weighted by Gasteiger charge is -2.55. The molecule has 0 atom stereocenters. The van der Waals surface area contributed by atoms with Crippen molar-refractivity contribution in [3.05, 3.63) is 60.0 Å². The fraction of sp³-hybridized carbons (Fsp3) is 0.628. The molecule has 1 saturated heterocycles. The van der Waals surface area contributed by atoms with Gasteiger partial charge in [-0.3, -0.25) is 14.4 Å². The first-order valence-corrected chi connectivity index (χ1v) is 19.7. The summed E-state index contributed by atoms with van der Waals surface area (Å²) >= 11 is 0. The van der Waals surface area contributed by atoms with Gasteiger partial charge in [-0.1, -0.05) is 32.9 Å². The van der Waals surface area contributed by atoms with Gasteiger partial charge in [-0.15, -0.1) is 0 Å². The number of hydrogen-bond acceptors (Lipinski definition) is 6. The summed E-state index contributed by atoms with van der Waals surface area (Å²) < 4.78 is 13.5. The SMILES string of the molecule is COc1ccc(C23CCC(CN(C(=O)C4CCC(OC(=O)N5CC(C(C)(C)C)C5)CC4)c4cc(-c5cnn(C(C)C)c5)ccn4)(CC2)CC3)cc1C. The number of nitrogens with zero attached hydrogens (tertiary/aromatic N) is 5. The number of fused-ring (bicyclic) bond motifs is 3. The molecule has 280 valence electrons. The number of benzene rings is 1. The molecular weight excluding hydrogens is 651 g/mol. The number of aromatic nitrogens is 3. The largest absolute Gasteiger partial charge is 0.496 e. The molecule has 9 nitrogen and oxygen atoms in total. The number of aryl methyl sites for hydroxylation is 1. The van der Waals surface area contributed by atoms with E-state index < -0.39 is 0 Å². The number of carbonyl (C=O) groups is 2. The number of anilines is 1. The average molecular weight is 710 g/mol. The quantitative estimate of drug-likeness (QED) is 0.220. The number of pyridine rings is 1. The molecule has 9 heteroatoms. The minimum atomic E-state index is -0.201. The van der Waals surface area contributed by atoms with Crippen LogP contribution in [-0.4, -0.2) is 64.5 Å². The van der Waals surface area contributed by atoms with Crippen LogP contribution >= 0.6 is 0 Å². The highest BCUT2D eigenvalue weighted by Crippen LogP contribution is 2.58. The zero-order valence-corrected chi connectivity index (χ0v) is 32.5. The van der Waals surface area contributed by atoms with Gasteiger partial charge in [0.15, 0.2) is 0 Å². The second-order valence-corrected chi connectivity index (χ2v) is 17.9. The van der Waals surface area contributed by atoms with E-state index in [4.69, 9.17) is 14.5 Å². The lowest BCUT2D eigenvalue weighted by molar-refractivity contribution is -0.124. The van der Waals surface area contributed by atoms with Gasteiger partial charge >= 0.3 is 6.09 Å². The van der Waals surface area contributed by atoms with Gasteiger partial charge in [-0.2, -0.15) is 5.10 Å². The molecule has 2 aromatic heterocycles. The molecule has 4 saturated carbocycles. The molecule has 5 fully saturated rings. The molecule has 0 N–H and O–H groups in total. The standard InChI is InChI=1S/C43H59N5O4/c1-29(2)48-25-33(24-45-48)32-14-21-44-38(23-32)47(28-42-15-18-43(19-16-42,20-17-42)34-10-13-37(51-7)30(3)22-34)39(49)31-8-11-36(12-9-31)52-40(50)46-26-35(27-46)41(4,5)6/h10,13-14,21-25,29,31,35-36H,8-9,11-12,15-20,26-28H2,1-7H3. The molecule has 2 bridgehead atoms. The highest BCUT2D eigenvalue weighted by atomic mass is 16.6. The Bertz CT molecular complexity index is 1740. The van der Waals surface area contributed by atoms with Gasteiger partial charge in [0, 0.05) is 49.6 Å². The Morgan fingerprint density at radius 1 is 0.962 bits per heavy atom. The summed E-state index contributed by atoms with van der Waals surface area (Å²) in [5.41, 5.74) is 5.12. The van der Waals surface area contributed by atoms with Crippen molar-refractivity contribution >= 4 is 17.8 Å². The Labute approximate surface area is 310 Å². The molecule has 4 aliphatic carbocycles. The second kappa shape index (κ2) is 14.2. The Morgan fingerprint density at radius 3 is 2.25 bits per heavy atom. The van der Waals surface area contributed by atoms with Crippen molar-refractivity contribution in [1.29, 1.82) is 0 Å². The van der Waals surface area contributed by atoms with Gasteiger partial charge in [0.2, 0.25) is 5.91 Å². The monoisotopic (exact) mass is 709 g/mol. The normalized spacial score (nSPS) is 26.3. The van der Waals surface area contributed by atoms with Crippen LogP contribution in [0.15, 0.2) is 48.9 Å². The maximum atomic E-state index is 14.7. The van der Waals surface area contributed by atoms with Crippen LogP contribution in [0.2, 0.25) is 0 Å². The molecule has 8 rings (SSSR count). The van der Waals surface area contributed by atoms with Gasteiger partial charge in [-0.05, 0) is 142 Å². The van der Waals surface area contributed by atoms with Crippen LogP contribution in [0.25, 0.3) is 11.1 Å². The van der Waals surface area contributed by atoms with Gasteiger partial charge in [0.25, 0.3) is 0 Å². The van der Waals surface area contributed by atoms with Crippen molar-refractivity contribution in [3.63, 3.8) is 0 Å². The maximum Gasteiger partial charge on any atom is 0.410 e. The average Bonchev–Trinajstić information content (AvgIpc) is 3.62.